The van der Waals surface area contributed by atoms with Crippen molar-refractivity contribution in [3.63, 3.8) is 0 Å². The summed E-state index contributed by atoms with van der Waals surface area (Å²) in [7, 11) is -3.57. The topological polar surface area (TPSA) is 94.6 Å². The van der Waals surface area contributed by atoms with Crippen LogP contribution in [0.2, 0.25) is 0 Å². The van der Waals surface area contributed by atoms with Crippen LogP contribution in [0.15, 0.2) is 17.2 Å². The second kappa shape index (κ2) is 5.38. The van der Waals surface area contributed by atoms with Crippen molar-refractivity contribution in [1.82, 2.24) is 4.98 Å². The number of nitrogens with zero attached hydrogens (tertiary/aromatic N) is 3. The Morgan fingerprint density at radius 1 is 1.16 bits per heavy atom. The first-order valence-corrected chi connectivity index (χ1v) is 7.68. The van der Waals surface area contributed by atoms with Crippen molar-refractivity contribution in [1.29, 1.82) is 10.5 Å². The Hall–Kier alpha value is -1.92. The molecular weight excluding hydrogens is 262 g/mol. The molecule has 0 saturated heterocycles. The minimum Gasteiger partial charge on any atom is -0.243 e. The van der Waals surface area contributed by atoms with Crippen molar-refractivity contribution in [3.8, 4) is 12.1 Å². The number of hydrogen-bond acceptors (Lipinski definition) is 5. The molecule has 19 heavy (non-hydrogen) atoms. The van der Waals surface area contributed by atoms with Crippen LogP contribution in [0.25, 0.3) is 0 Å². The van der Waals surface area contributed by atoms with Gasteiger partial charge in [0.15, 0.2) is 15.5 Å². The normalized spacial score (nSPS) is 16.5. The molecule has 1 heterocycles. The minimum atomic E-state index is -3.57. The van der Waals surface area contributed by atoms with Crippen LogP contribution >= 0.6 is 0 Å². The summed E-state index contributed by atoms with van der Waals surface area (Å²) in [5.74, 6) is 0. The Bertz CT molecular complexity index is 662. The summed E-state index contributed by atoms with van der Waals surface area (Å²) in [6, 6.07) is 4.91. The van der Waals surface area contributed by atoms with E-state index in [4.69, 9.17) is 10.5 Å². The number of aromatic nitrogens is 1. The molecule has 1 aliphatic rings. The van der Waals surface area contributed by atoms with Gasteiger partial charge in [-0.2, -0.15) is 10.5 Å². The van der Waals surface area contributed by atoms with Gasteiger partial charge in [-0.15, -0.1) is 0 Å². The third kappa shape index (κ3) is 2.59. The summed E-state index contributed by atoms with van der Waals surface area (Å²) in [6.07, 6.45) is 5.27. The van der Waals surface area contributed by atoms with E-state index in [2.05, 4.69) is 4.98 Å². The molecule has 98 valence electrons. The number of sulfone groups is 1. The highest BCUT2D eigenvalue weighted by atomic mass is 32.2. The zero-order chi connectivity index (χ0) is 13.9. The lowest BCUT2D eigenvalue weighted by atomic mass is 10.0. The van der Waals surface area contributed by atoms with Gasteiger partial charge in [0.05, 0.1) is 10.8 Å². The van der Waals surface area contributed by atoms with Crippen molar-refractivity contribution in [2.45, 2.75) is 42.2 Å². The molecule has 1 aromatic rings. The van der Waals surface area contributed by atoms with Gasteiger partial charge in [0, 0.05) is 6.20 Å². The molecule has 0 atom stereocenters. The molecule has 1 aromatic heterocycles. The molecule has 2 rings (SSSR count). The van der Waals surface area contributed by atoms with Gasteiger partial charge >= 0.3 is 0 Å². The largest absolute Gasteiger partial charge is 0.243 e. The Morgan fingerprint density at radius 2 is 1.84 bits per heavy atom. The van der Waals surface area contributed by atoms with E-state index >= 15 is 0 Å². The van der Waals surface area contributed by atoms with Gasteiger partial charge in [-0.05, 0) is 18.9 Å². The fourth-order valence-electron chi connectivity index (χ4n) is 2.36. The first kappa shape index (κ1) is 13.5. The van der Waals surface area contributed by atoms with E-state index in [0.717, 1.165) is 19.3 Å². The number of hydrogen-bond donors (Lipinski definition) is 0. The Morgan fingerprint density at radius 3 is 2.42 bits per heavy atom. The SMILES string of the molecule is N#Cc1cnc(C#N)c(S(=O)(=O)C2CCCCC2)c1. The molecule has 0 amide bonds. The van der Waals surface area contributed by atoms with Crippen molar-refractivity contribution in [2.24, 2.45) is 0 Å². The van der Waals surface area contributed by atoms with Crippen LogP contribution in [0.5, 0.6) is 0 Å². The summed E-state index contributed by atoms with van der Waals surface area (Å²) >= 11 is 0. The Kier molecular flexibility index (Phi) is 3.82. The molecule has 0 aliphatic heterocycles. The molecule has 1 fully saturated rings. The first-order valence-electron chi connectivity index (χ1n) is 6.13. The maximum atomic E-state index is 12.5. The van der Waals surface area contributed by atoms with Gasteiger partial charge in [0.25, 0.3) is 0 Å². The lowest BCUT2D eigenvalue weighted by molar-refractivity contribution is 0.483. The highest BCUT2D eigenvalue weighted by Crippen LogP contribution is 2.29. The van der Waals surface area contributed by atoms with Crippen LogP contribution in [-0.4, -0.2) is 18.7 Å². The maximum absolute atomic E-state index is 12.5. The molecule has 0 unspecified atom stereocenters. The lowest BCUT2D eigenvalue weighted by Crippen LogP contribution is -2.25. The number of rotatable bonds is 2. The van der Waals surface area contributed by atoms with Gasteiger partial charge in [-0.3, -0.25) is 0 Å². The molecule has 1 aliphatic carbocycles. The molecule has 6 heteroatoms. The van der Waals surface area contributed by atoms with Crippen molar-refractivity contribution < 1.29 is 8.42 Å². The molecule has 0 N–H and O–H groups in total. The van der Waals surface area contributed by atoms with Crippen LogP contribution in [0.4, 0.5) is 0 Å². The third-order valence-corrected chi connectivity index (χ3v) is 5.66. The van der Waals surface area contributed by atoms with E-state index in [1.807, 2.05) is 6.07 Å². The zero-order valence-electron chi connectivity index (χ0n) is 10.3. The van der Waals surface area contributed by atoms with E-state index < -0.39 is 15.1 Å². The van der Waals surface area contributed by atoms with E-state index in [9.17, 15) is 8.42 Å². The number of pyridine rings is 1. The first-order chi connectivity index (χ1) is 9.09. The second-order valence-corrected chi connectivity index (χ2v) is 6.80. The average molecular weight is 275 g/mol. The molecule has 0 bridgehead atoms. The Labute approximate surface area is 112 Å². The molecule has 1 saturated carbocycles. The smallest absolute Gasteiger partial charge is 0.184 e. The van der Waals surface area contributed by atoms with Crippen LogP contribution < -0.4 is 0 Å². The van der Waals surface area contributed by atoms with Crippen LogP contribution in [0.1, 0.15) is 43.4 Å². The monoisotopic (exact) mass is 275 g/mol. The predicted molar refractivity (Wildman–Crippen MR) is 67.7 cm³/mol. The van der Waals surface area contributed by atoms with Gasteiger partial charge < -0.3 is 0 Å². The van der Waals surface area contributed by atoms with E-state index in [1.54, 1.807) is 6.07 Å². The third-order valence-electron chi connectivity index (χ3n) is 3.39. The van der Waals surface area contributed by atoms with Gasteiger partial charge in [0.1, 0.15) is 17.0 Å². The summed E-state index contributed by atoms with van der Waals surface area (Å²) in [5.41, 5.74) is 0.0398. The van der Waals surface area contributed by atoms with E-state index in [1.165, 1.54) is 12.3 Å². The van der Waals surface area contributed by atoms with E-state index in [-0.39, 0.29) is 16.2 Å². The highest BCUT2D eigenvalue weighted by molar-refractivity contribution is 7.92. The zero-order valence-corrected chi connectivity index (χ0v) is 11.2. The average Bonchev–Trinajstić information content (AvgIpc) is 2.47. The molecule has 5 nitrogen and oxygen atoms in total. The van der Waals surface area contributed by atoms with Gasteiger partial charge in [-0.1, -0.05) is 19.3 Å². The minimum absolute atomic E-state index is 0.0963. The van der Waals surface area contributed by atoms with Crippen LogP contribution in [0, 0.1) is 22.7 Å². The molecule has 0 aromatic carbocycles. The maximum Gasteiger partial charge on any atom is 0.184 e. The number of nitriles is 2. The fourth-order valence-corrected chi connectivity index (χ4v) is 4.33. The van der Waals surface area contributed by atoms with Crippen molar-refractivity contribution in [3.05, 3.63) is 23.5 Å². The van der Waals surface area contributed by atoms with Gasteiger partial charge in [0.2, 0.25) is 0 Å². The van der Waals surface area contributed by atoms with Gasteiger partial charge in [-0.25, -0.2) is 13.4 Å². The second-order valence-electron chi connectivity index (χ2n) is 4.60. The molecule has 0 radical (unpaired) electrons. The predicted octanol–water partition coefficient (Wildman–Crippen LogP) is 1.93. The quantitative estimate of drug-likeness (QED) is 0.821. The Balaban J connectivity index is 2.50. The van der Waals surface area contributed by atoms with Crippen molar-refractivity contribution in [2.75, 3.05) is 0 Å². The fraction of sp³-hybridized carbons (Fsp3) is 0.462. The highest BCUT2D eigenvalue weighted by Gasteiger charge is 2.31. The molecule has 0 spiro atoms. The van der Waals surface area contributed by atoms with Crippen LogP contribution in [-0.2, 0) is 9.84 Å². The summed E-state index contributed by atoms with van der Waals surface area (Å²) in [6.45, 7) is 0. The van der Waals surface area contributed by atoms with Crippen molar-refractivity contribution >= 4 is 9.84 Å². The summed E-state index contributed by atoms with van der Waals surface area (Å²) in [5, 5.41) is 17.4. The lowest BCUT2D eigenvalue weighted by Gasteiger charge is -2.21. The summed E-state index contributed by atoms with van der Waals surface area (Å²) < 4.78 is 25.1. The molecular formula is C13H13N3O2S. The summed E-state index contributed by atoms with van der Waals surface area (Å²) in [4.78, 5) is 3.67. The van der Waals surface area contributed by atoms with E-state index in [0.29, 0.717) is 12.8 Å². The standard InChI is InChI=1S/C13H13N3O2S/c14-7-10-6-13(12(8-15)16-9-10)19(17,18)11-4-2-1-3-5-11/h6,9,11H,1-5H2. The van der Waals surface area contributed by atoms with Crippen LogP contribution in [0.3, 0.4) is 0 Å².